The molecule has 0 saturated heterocycles. The molecule has 1 aliphatic carbocycles. The van der Waals surface area contributed by atoms with Crippen LogP contribution in [0.1, 0.15) is 25.1 Å². The van der Waals surface area contributed by atoms with Gasteiger partial charge in [0.05, 0.1) is 0 Å². The van der Waals surface area contributed by atoms with Crippen molar-refractivity contribution in [1.82, 2.24) is 4.98 Å². The third-order valence-electron chi connectivity index (χ3n) is 3.16. The van der Waals surface area contributed by atoms with E-state index < -0.39 is 0 Å². The van der Waals surface area contributed by atoms with Crippen LogP contribution in [-0.2, 0) is 6.42 Å². The third-order valence-corrected chi connectivity index (χ3v) is 3.16. The number of hydrogen-bond donors (Lipinski definition) is 1. The first kappa shape index (κ1) is 8.78. The zero-order valence-corrected chi connectivity index (χ0v) is 9.17. The molecule has 0 bridgehead atoms. The lowest BCUT2D eigenvalue weighted by Crippen LogP contribution is -2.15. The van der Waals surface area contributed by atoms with Gasteiger partial charge >= 0.3 is 0 Å². The molecule has 0 aliphatic heterocycles. The summed E-state index contributed by atoms with van der Waals surface area (Å²) in [4.78, 5) is 3.52. The number of allylic oxidation sites excluding steroid dienone is 1. The van der Waals surface area contributed by atoms with Gasteiger partial charge in [-0.3, -0.25) is 0 Å². The molecule has 1 nitrogen and oxygen atoms in total. The van der Waals surface area contributed by atoms with Crippen LogP contribution < -0.4 is 0 Å². The van der Waals surface area contributed by atoms with Gasteiger partial charge in [-0.15, -0.1) is 0 Å². The number of fused-ring (bicyclic) bond motifs is 3. The number of aromatic amines is 1. The van der Waals surface area contributed by atoms with Crippen molar-refractivity contribution in [3.05, 3.63) is 41.6 Å². The van der Waals surface area contributed by atoms with Crippen molar-refractivity contribution in [2.75, 3.05) is 0 Å². The molecule has 15 heavy (non-hydrogen) atoms. The monoisotopic (exact) mass is 197 g/mol. The number of aromatic nitrogens is 1. The van der Waals surface area contributed by atoms with Crippen LogP contribution in [0.5, 0.6) is 0 Å². The van der Waals surface area contributed by atoms with Crippen molar-refractivity contribution in [3.8, 4) is 0 Å². The molecule has 1 N–H and O–H groups in total. The minimum absolute atomic E-state index is 0.286. The van der Waals surface area contributed by atoms with Crippen LogP contribution in [0.4, 0.5) is 0 Å². The fraction of sp³-hybridized carbons (Fsp3) is 0.286. The third kappa shape index (κ3) is 1.30. The van der Waals surface area contributed by atoms with Gasteiger partial charge in [0.15, 0.2) is 0 Å². The molecule has 1 aliphatic rings. The van der Waals surface area contributed by atoms with E-state index in [0.717, 1.165) is 6.42 Å². The molecular weight excluding hydrogens is 182 g/mol. The molecule has 1 heterocycles. The van der Waals surface area contributed by atoms with Gasteiger partial charge in [0.1, 0.15) is 0 Å². The molecule has 1 heteroatoms. The fourth-order valence-corrected chi connectivity index (χ4v) is 2.37. The predicted molar refractivity (Wildman–Crippen MR) is 64.8 cm³/mol. The Morgan fingerprint density at radius 2 is 2.00 bits per heavy atom. The molecule has 0 atom stereocenters. The Labute approximate surface area is 89.8 Å². The van der Waals surface area contributed by atoms with Crippen LogP contribution in [0.2, 0.25) is 0 Å². The number of nitrogens with one attached hydrogen (secondary N) is 1. The fourth-order valence-electron chi connectivity index (χ4n) is 2.37. The van der Waals surface area contributed by atoms with E-state index in [2.05, 4.69) is 55.2 Å². The minimum atomic E-state index is 0.286. The quantitative estimate of drug-likeness (QED) is 0.661. The number of H-pyrrole nitrogens is 1. The standard InChI is InChI=1S/C14H15N/c1-14(2)8-7-11-10-5-3-4-6-12(10)15-13(11)9-14/h3-8,15H,9H2,1-2H3. The largest absolute Gasteiger partial charge is 0.358 e. The van der Waals surface area contributed by atoms with Gasteiger partial charge in [0, 0.05) is 22.2 Å². The summed E-state index contributed by atoms with van der Waals surface area (Å²) in [5.74, 6) is 0. The number of benzene rings is 1. The van der Waals surface area contributed by atoms with Crippen LogP contribution in [-0.4, -0.2) is 4.98 Å². The molecule has 0 fully saturated rings. The van der Waals surface area contributed by atoms with Crippen molar-refractivity contribution in [2.24, 2.45) is 5.41 Å². The number of hydrogen-bond acceptors (Lipinski definition) is 0. The maximum absolute atomic E-state index is 3.52. The van der Waals surface area contributed by atoms with Crippen molar-refractivity contribution >= 4 is 17.0 Å². The maximum Gasteiger partial charge on any atom is 0.0462 e. The van der Waals surface area contributed by atoms with Crippen LogP contribution in [0.3, 0.4) is 0 Å². The Morgan fingerprint density at radius 1 is 1.20 bits per heavy atom. The SMILES string of the molecule is CC1(C)C=Cc2c([nH]c3ccccc23)C1. The first-order chi connectivity index (χ1) is 7.16. The molecular formula is C14H15N. The Hall–Kier alpha value is -1.50. The highest BCUT2D eigenvalue weighted by Crippen LogP contribution is 2.35. The van der Waals surface area contributed by atoms with Crippen LogP contribution in [0.15, 0.2) is 30.3 Å². The smallest absolute Gasteiger partial charge is 0.0462 e. The van der Waals surface area contributed by atoms with E-state index in [1.54, 1.807) is 0 Å². The van der Waals surface area contributed by atoms with E-state index in [1.165, 1.54) is 22.2 Å². The molecule has 1 aromatic heterocycles. The highest BCUT2D eigenvalue weighted by Gasteiger charge is 2.22. The number of para-hydroxylation sites is 1. The second kappa shape index (κ2) is 2.75. The van der Waals surface area contributed by atoms with E-state index in [1.807, 2.05) is 0 Å². The normalized spacial score (nSPS) is 18.0. The second-order valence-electron chi connectivity index (χ2n) is 5.06. The second-order valence-corrected chi connectivity index (χ2v) is 5.06. The summed E-state index contributed by atoms with van der Waals surface area (Å²) in [7, 11) is 0. The zero-order valence-electron chi connectivity index (χ0n) is 9.17. The Kier molecular flexibility index (Phi) is 1.61. The summed E-state index contributed by atoms with van der Waals surface area (Å²) in [5.41, 5.74) is 4.30. The van der Waals surface area contributed by atoms with Gasteiger partial charge in [-0.1, -0.05) is 44.2 Å². The Morgan fingerprint density at radius 3 is 2.87 bits per heavy atom. The first-order valence-corrected chi connectivity index (χ1v) is 5.45. The van der Waals surface area contributed by atoms with E-state index in [-0.39, 0.29) is 5.41 Å². The van der Waals surface area contributed by atoms with E-state index >= 15 is 0 Å². The molecule has 1 aromatic carbocycles. The van der Waals surface area contributed by atoms with E-state index in [9.17, 15) is 0 Å². The molecule has 2 aromatic rings. The predicted octanol–water partition coefficient (Wildman–Crippen LogP) is 3.76. The van der Waals surface area contributed by atoms with Crippen LogP contribution in [0, 0.1) is 5.41 Å². The van der Waals surface area contributed by atoms with Crippen LogP contribution >= 0.6 is 0 Å². The summed E-state index contributed by atoms with van der Waals surface area (Å²) in [5, 5.41) is 1.35. The molecule has 0 amide bonds. The summed E-state index contributed by atoms with van der Waals surface area (Å²) in [6, 6.07) is 8.52. The van der Waals surface area contributed by atoms with Crippen LogP contribution in [0.25, 0.3) is 17.0 Å². The molecule has 0 unspecified atom stereocenters. The lowest BCUT2D eigenvalue weighted by molar-refractivity contribution is 0.470. The summed E-state index contributed by atoms with van der Waals surface area (Å²) in [6.45, 7) is 4.55. The van der Waals surface area contributed by atoms with Gasteiger partial charge in [0.2, 0.25) is 0 Å². The number of rotatable bonds is 0. The van der Waals surface area contributed by atoms with Gasteiger partial charge in [-0.2, -0.15) is 0 Å². The average Bonchev–Trinajstić information content (AvgIpc) is 2.52. The van der Waals surface area contributed by atoms with Gasteiger partial charge < -0.3 is 4.98 Å². The van der Waals surface area contributed by atoms with Gasteiger partial charge in [-0.25, -0.2) is 0 Å². The average molecular weight is 197 g/mol. The lowest BCUT2D eigenvalue weighted by Gasteiger charge is -2.23. The van der Waals surface area contributed by atoms with Gasteiger partial charge in [-0.05, 0) is 17.9 Å². The van der Waals surface area contributed by atoms with Gasteiger partial charge in [0.25, 0.3) is 0 Å². The molecule has 0 saturated carbocycles. The van der Waals surface area contributed by atoms with Crippen molar-refractivity contribution in [3.63, 3.8) is 0 Å². The first-order valence-electron chi connectivity index (χ1n) is 5.45. The van der Waals surface area contributed by atoms with Crippen molar-refractivity contribution in [2.45, 2.75) is 20.3 Å². The van der Waals surface area contributed by atoms with E-state index in [4.69, 9.17) is 0 Å². The van der Waals surface area contributed by atoms with Crippen molar-refractivity contribution < 1.29 is 0 Å². The molecule has 0 radical (unpaired) electrons. The topological polar surface area (TPSA) is 15.8 Å². The summed E-state index contributed by atoms with van der Waals surface area (Å²) in [6.07, 6.45) is 5.68. The minimum Gasteiger partial charge on any atom is -0.358 e. The lowest BCUT2D eigenvalue weighted by atomic mass is 9.82. The summed E-state index contributed by atoms with van der Waals surface area (Å²) >= 11 is 0. The highest BCUT2D eigenvalue weighted by molar-refractivity contribution is 5.91. The maximum atomic E-state index is 3.52. The highest BCUT2D eigenvalue weighted by atomic mass is 14.7. The van der Waals surface area contributed by atoms with E-state index in [0.29, 0.717) is 0 Å². The Balaban J connectivity index is 2.28. The Bertz CT molecular complexity index is 543. The summed E-state index contributed by atoms with van der Waals surface area (Å²) < 4.78 is 0. The zero-order chi connectivity index (χ0) is 10.5. The molecule has 76 valence electrons. The molecule has 0 spiro atoms. The van der Waals surface area contributed by atoms with Crippen molar-refractivity contribution in [1.29, 1.82) is 0 Å². The molecule has 3 rings (SSSR count).